The van der Waals surface area contributed by atoms with Gasteiger partial charge in [0, 0.05) is 19.8 Å². The number of rotatable bonds is 6. The fourth-order valence-corrected chi connectivity index (χ4v) is 3.28. The third-order valence-corrected chi connectivity index (χ3v) is 4.87. The third-order valence-electron chi connectivity index (χ3n) is 4.87. The summed E-state index contributed by atoms with van der Waals surface area (Å²) in [5.41, 5.74) is 0. The van der Waals surface area contributed by atoms with Crippen LogP contribution >= 0.6 is 0 Å². The second-order valence-electron chi connectivity index (χ2n) is 6.38. The Morgan fingerprint density at radius 2 is 2.05 bits per heavy atom. The average molecular weight is 282 g/mol. The summed E-state index contributed by atoms with van der Waals surface area (Å²) < 4.78 is 5.42. The summed E-state index contributed by atoms with van der Waals surface area (Å²) in [6.07, 6.45) is 5.65. The molecule has 3 atom stereocenters. The van der Waals surface area contributed by atoms with Crippen LogP contribution in [0, 0.1) is 11.8 Å². The van der Waals surface area contributed by atoms with E-state index in [0.29, 0.717) is 17.7 Å². The Balaban J connectivity index is 2.00. The van der Waals surface area contributed by atoms with Crippen molar-refractivity contribution in [3.8, 4) is 0 Å². The molecule has 4 heteroatoms. The molecule has 2 aliphatic heterocycles. The van der Waals surface area contributed by atoms with E-state index in [9.17, 15) is 4.79 Å². The van der Waals surface area contributed by atoms with Crippen molar-refractivity contribution in [3.63, 3.8) is 0 Å². The molecule has 4 nitrogen and oxygen atoms in total. The summed E-state index contributed by atoms with van der Waals surface area (Å²) >= 11 is 0. The van der Waals surface area contributed by atoms with Gasteiger partial charge in [-0.3, -0.25) is 10.1 Å². The maximum atomic E-state index is 12.7. The summed E-state index contributed by atoms with van der Waals surface area (Å²) in [5, 5.41) is 3.58. The second-order valence-corrected chi connectivity index (χ2v) is 6.38. The van der Waals surface area contributed by atoms with Crippen molar-refractivity contribution in [1.82, 2.24) is 10.2 Å². The molecule has 3 unspecified atom stereocenters. The highest BCUT2D eigenvalue weighted by Gasteiger charge is 2.41. The fourth-order valence-electron chi connectivity index (χ4n) is 3.28. The number of nitrogens with zero attached hydrogens (tertiary/aromatic N) is 1. The van der Waals surface area contributed by atoms with Crippen LogP contribution in [0.3, 0.4) is 0 Å². The van der Waals surface area contributed by atoms with Gasteiger partial charge in [-0.25, -0.2) is 0 Å². The Morgan fingerprint density at radius 3 is 2.65 bits per heavy atom. The molecule has 0 spiro atoms. The van der Waals surface area contributed by atoms with Crippen LogP contribution in [0.25, 0.3) is 0 Å². The Labute approximate surface area is 123 Å². The lowest BCUT2D eigenvalue weighted by Gasteiger charge is -2.30. The highest BCUT2D eigenvalue weighted by atomic mass is 16.5. The minimum atomic E-state index is 0.0244. The summed E-state index contributed by atoms with van der Waals surface area (Å²) in [7, 11) is 0. The van der Waals surface area contributed by atoms with Gasteiger partial charge >= 0.3 is 0 Å². The molecule has 2 rings (SSSR count). The number of nitrogens with one attached hydrogen (secondary N) is 1. The first-order valence-electron chi connectivity index (χ1n) is 8.31. The lowest BCUT2D eigenvalue weighted by atomic mass is 9.97. The van der Waals surface area contributed by atoms with Gasteiger partial charge < -0.3 is 9.64 Å². The first kappa shape index (κ1) is 15.8. The highest BCUT2D eigenvalue weighted by Crippen LogP contribution is 2.25. The van der Waals surface area contributed by atoms with Crippen LogP contribution in [0.4, 0.5) is 0 Å². The molecular formula is C16H30N2O2. The molecule has 1 amide bonds. The minimum Gasteiger partial charge on any atom is -0.381 e. The van der Waals surface area contributed by atoms with Crippen molar-refractivity contribution in [2.24, 2.45) is 11.8 Å². The molecule has 2 aliphatic rings. The van der Waals surface area contributed by atoms with Crippen LogP contribution in [-0.2, 0) is 9.53 Å². The van der Waals surface area contributed by atoms with Gasteiger partial charge in [0.15, 0.2) is 0 Å². The largest absolute Gasteiger partial charge is 0.381 e. The number of hydrogen-bond acceptors (Lipinski definition) is 3. The average Bonchev–Trinajstić information content (AvgIpc) is 2.77. The van der Waals surface area contributed by atoms with Crippen molar-refractivity contribution < 1.29 is 9.53 Å². The SMILES string of the molecule is CCCC1NC(C(C)CC)C(=O)N1CC1CCOCC1. The lowest BCUT2D eigenvalue weighted by Crippen LogP contribution is -2.41. The van der Waals surface area contributed by atoms with E-state index in [-0.39, 0.29) is 12.2 Å². The molecule has 0 aromatic carbocycles. The van der Waals surface area contributed by atoms with Crippen LogP contribution < -0.4 is 5.32 Å². The van der Waals surface area contributed by atoms with E-state index in [4.69, 9.17) is 4.74 Å². The van der Waals surface area contributed by atoms with E-state index in [2.05, 4.69) is 31.0 Å². The minimum absolute atomic E-state index is 0.0244. The number of hydrogen-bond donors (Lipinski definition) is 1. The molecule has 0 bridgehead atoms. The van der Waals surface area contributed by atoms with Crippen LogP contribution in [0.5, 0.6) is 0 Å². The third kappa shape index (κ3) is 3.53. The first-order chi connectivity index (χ1) is 9.67. The molecule has 0 aromatic heterocycles. The van der Waals surface area contributed by atoms with Gasteiger partial charge in [0.1, 0.15) is 0 Å². The molecule has 0 radical (unpaired) electrons. The Kier molecular flexibility index (Phi) is 5.85. The van der Waals surface area contributed by atoms with Gasteiger partial charge in [0.25, 0.3) is 0 Å². The van der Waals surface area contributed by atoms with Crippen LogP contribution in [-0.4, -0.2) is 42.8 Å². The summed E-state index contributed by atoms with van der Waals surface area (Å²) in [6, 6.07) is 0.0244. The molecule has 2 fully saturated rings. The summed E-state index contributed by atoms with van der Waals surface area (Å²) in [5.74, 6) is 1.36. The second kappa shape index (κ2) is 7.41. The van der Waals surface area contributed by atoms with E-state index in [1.807, 2.05) is 0 Å². The zero-order valence-corrected chi connectivity index (χ0v) is 13.2. The van der Waals surface area contributed by atoms with Crippen molar-refractivity contribution in [3.05, 3.63) is 0 Å². The quantitative estimate of drug-likeness (QED) is 0.813. The van der Waals surface area contributed by atoms with Gasteiger partial charge in [-0.05, 0) is 31.1 Å². The van der Waals surface area contributed by atoms with Crippen LogP contribution in [0.15, 0.2) is 0 Å². The number of carbonyl (C=O) groups excluding carboxylic acids is 1. The van der Waals surface area contributed by atoms with Crippen molar-refractivity contribution in [1.29, 1.82) is 0 Å². The monoisotopic (exact) mass is 282 g/mol. The van der Waals surface area contributed by atoms with Crippen molar-refractivity contribution in [2.45, 2.75) is 65.1 Å². The number of carbonyl (C=O) groups is 1. The Morgan fingerprint density at radius 1 is 1.35 bits per heavy atom. The summed E-state index contributed by atoms with van der Waals surface area (Å²) in [4.78, 5) is 14.8. The van der Waals surface area contributed by atoms with Gasteiger partial charge in [-0.15, -0.1) is 0 Å². The fraction of sp³-hybridized carbons (Fsp3) is 0.938. The molecule has 0 aromatic rings. The maximum absolute atomic E-state index is 12.7. The lowest BCUT2D eigenvalue weighted by molar-refractivity contribution is -0.132. The summed E-state index contributed by atoms with van der Waals surface area (Å²) in [6.45, 7) is 9.15. The van der Waals surface area contributed by atoms with Crippen LogP contribution in [0.1, 0.15) is 52.9 Å². The predicted molar refractivity (Wildman–Crippen MR) is 80.3 cm³/mol. The Hall–Kier alpha value is -0.610. The predicted octanol–water partition coefficient (Wildman–Crippen LogP) is 2.39. The highest BCUT2D eigenvalue weighted by molar-refractivity contribution is 5.84. The van der Waals surface area contributed by atoms with Gasteiger partial charge in [-0.1, -0.05) is 33.6 Å². The molecular weight excluding hydrogens is 252 g/mol. The number of ether oxygens (including phenoxy) is 1. The van der Waals surface area contributed by atoms with Crippen LogP contribution in [0.2, 0.25) is 0 Å². The van der Waals surface area contributed by atoms with E-state index >= 15 is 0 Å². The van der Waals surface area contributed by atoms with Gasteiger partial charge in [0.05, 0.1) is 12.2 Å². The van der Waals surface area contributed by atoms with Gasteiger partial charge in [-0.2, -0.15) is 0 Å². The topological polar surface area (TPSA) is 41.6 Å². The standard InChI is InChI=1S/C16H30N2O2/c1-4-6-14-17-15(12(3)5-2)16(19)18(14)11-13-7-9-20-10-8-13/h12-15,17H,4-11H2,1-3H3. The molecule has 0 saturated carbocycles. The molecule has 116 valence electrons. The zero-order chi connectivity index (χ0) is 14.5. The molecule has 2 heterocycles. The molecule has 2 saturated heterocycles. The molecule has 20 heavy (non-hydrogen) atoms. The first-order valence-corrected chi connectivity index (χ1v) is 8.31. The van der Waals surface area contributed by atoms with E-state index in [1.165, 1.54) is 0 Å². The normalized spacial score (nSPS) is 29.9. The number of amides is 1. The smallest absolute Gasteiger partial charge is 0.241 e. The van der Waals surface area contributed by atoms with Crippen molar-refractivity contribution in [2.75, 3.05) is 19.8 Å². The molecule has 0 aliphatic carbocycles. The van der Waals surface area contributed by atoms with E-state index in [1.54, 1.807) is 0 Å². The van der Waals surface area contributed by atoms with Gasteiger partial charge in [0.2, 0.25) is 5.91 Å². The maximum Gasteiger partial charge on any atom is 0.241 e. The van der Waals surface area contributed by atoms with E-state index < -0.39 is 0 Å². The Bertz CT molecular complexity index is 316. The van der Waals surface area contributed by atoms with Crippen molar-refractivity contribution >= 4 is 5.91 Å². The molecule has 1 N–H and O–H groups in total. The zero-order valence-electron chi connectivity index (χ0n) is 13.2. The van der Waals surface area contributed by atoms with E-state index in [0.717, 1.165) is 51.9 Å².